The molecule has 3 atom stereocenters. The third-order valence-electron chi connectivity index (χ3n) is 8.73. The normalized spacial score (nSPS) is 23.5. The summed E-state index contributed by atoms with van der Waals surface area (Å²) in [7, 11) is -1.57. The monoisotopic (exact) mass is 592 g/mol. The van der Waals surface area contributed by atoms with E-state index in [0.29, 0.717) is 50.6 Å². The number of rotatable bonds is 8. The summed E-state index contributed by atoms with van der Waals surface area (Å²) < 4.78 is 39.4. The Morgan fingerprint density at radius 2 is 2.12 bits per heavy atom. The third kappa shape index (κ3) is 5.35. The van der Waals surface area contributed by atoms with Crippen LogP contribution in [-0.2, 0) is 27.8 Å². The van der Waals surface area contributed by atoms with Gasteiger partial charge in [-0.25, -0.2) is 8.42 Å². The number of fused-ring (bicyclic) bond motifs is 2. The fraction of sp³-hybridized carbons (Fsp3) is 0.517. The summed E-state index contributed by atoms with van der Waals surface area (Å²) in [5.74, 6) is 0.671. The second kappa shape index (κ2) is 11.6. The molecule has 42 heavy (non-hydrogen) atoms. The lowest BCUT2D eigenvalue weighted by atomic mass is 9.93. The molecule has 6 rings (SSSR count). The van der Waals surface area contributed by atoms with Crippen LogP contribution < -0.4 is 9.64 Å². The van der Waals surface area contributed by atoms with Gasteiger partial charge in [-0.2, -0.15) is 24.6 Å². The van der Waals surface area contributed by atoms with Crippen molar-refractivity contribution in [2.75, 3.05) is 44.7 Å². The van der Waals surface area contributed by atoms with E-state index in [1.54, 1.807) is 0 Å². The number of hydrogen-bond acceptors (Lipinski definition) is 10. The minimum absolute atomic E-state index is 0.0563. The first kappa shape index (κ1) is 28.5. The molecule has 1 N–H and O–H groups in total. The SMILES string of the molecule is C=CS(=O)(=O)N1CCN(c2nc(OCC3CCCN3C)nc3c2COC(c2c(C)ccc4[nH]ncc24)C3)CC1CC#N. The molecule has 3 unspecified atom stereocenters. The van der Waals surface area contributed by atoms with Crippen LogP contribution in [0.2, 0.25) is 0 Å². The summed E-state index contributed by atoms with van der Waals surface area (Å²) >= 11 is 0. The molecular formula is C29H36N8O4S. The van der Waals surface area contributed by atoms with Gasteiger partial charge < -0.3 is 19.3 Å². The van der Waals surface area contributed by atoms with Crippen LogP contribution in [0.4, 0.5) is 5.82 Å². The number of hydrogen-bond donors (Lipinski definition) is 1. The Bertz CT molecular complexity index is 1630. The van der Waals surface area contributed by atoms with Crippen molar-refractivity contribution < 1.29 is 17.9 Å². The van der Waals surface area contributed by atoms with Gasteiger partial charge >= 0.3 is 6.01 Å². The number of aromatic amines is 1. The number of aryl methyl sites for hydroxylation is 1. The molecule has 2 aromatic heterocycles. The van der Waals surface area contributed by atoms with Gasteiger partial charge in [0.05, 0.1) is 48.7 Å². The van der Waals surface area contributed by atoms with Gasteiger partial charge in [0.2, 0.25) is 10.0 Å². The second-order valence-corrected chi connectivity index (χ2v) is 13.1. The molecule has 0 saturated carbocycles. The molecule has 0 radical (unpaired) electrons. The topological polar surface area (TPSA) is 141 Å². The van der Waals surface area contributed by atoms with Crippen molar-refractivity contribution in [3.8, 4) is 12.1 Å². The average molecular weight is 593 g/mol. The van der Waals surface area contributed by atoms with Crippen LogP contribution in [-0.4, -0.2) is 89.7 Å². The summed E-state index contributed by atoms with van der Waals surface area (Å²) in [6.45, 7) is 8.30. The molecule has 0 spiro atoms. The first-order valence-corrected chi connectivity index (χ1v) is 15.8. The number of aromatic nitrogens is 4. The number of ether oxygens (including phenoxy) is 2. The molecule has 3 aliphatic rings. The first-order chi connectivity index (χ1) is 20.3. The number of nitrogens with zero attached hydrogens (tertiary/aromatic N) is 7. The minimum atomic E-state index is -3.68. The Balaban J connectivity index is 1.34. The van der Waals surface area contributed by atoms with Gasteiger partial charge in [0, 0.05) is 48.5 Å². The average Bonchev–Trinajstić information content (AvgIpc) is 3.64. The quantitative estimate of drug-likeness (QED) is 0.415. The maximum Gasteiger partial charge on any atom is 0.318 e. The molecule has 12 nitrogen and oxygen atoms in total. The van der Waals surface area contributed by atoms with Gasteiger partial charge in [-0.3, -0.25) is 5.10 Å². The zero-order valence-electron chi connectivity index (χ0n) is 24.0. The number of sulfonamides is 1. The molecule has 1 aromatic carbocycles. The number of nitrogens with one attached hydrogen (secondary N) is 1. The van der Waals surface area contributed by atoms with Crippen LogP contribution in [0.1, 0.15) is 47.8 Å². The number of piperazine rings is 1. The summed E-state index contributed by atoms with van der Waals surface area (Å²) in [6, 6.07) is 6.31. The van der Waals surface area contributed by atoms with E-state index >= 15 is 0 Å². The van der Waals surface area contributed by atoms with E-state index in [-0.39, 0.29) is 19.1 Å². The minimum Gasteiger partial charge on any atom is -0.462 e. The molecular weight excluding hydrogens is 556 g/mol. The Kier molecular flexibility index (Phi) is 7.89. The van der Waals surface area contributed by atoms with Gasteiger partial charge in [0.15, 0.2) is 0 Å². The highest BCUT2D eigenvalue weighted by atomic mass is 32.2. The number of nitriles is 1. The molecule has 222 valence electrons. The van der Waals surface area contributed by atoms with Crippen molar-refractivity contribution in [2.45, 2.75) is 57.4 Å². The number of anilines is 1. The number of H-pyrrole nitrogens is 1. The summed E-state index contributed by atoms with van der Waals surface area (Å²) in [5.41, 5.74) is 4.87. The van der Waals surface area contributed by atoms with Crippen LogP contribution in [0.15, 0.2) is 30.3 Å². The van der Waals surface area contributed by atoms with Gasteiger partial charge in [-0.1, -0.05) is 12.6 Å². The fourth-order valence-electron chi connectivity index (χ4n) is 6.41. The maximum atomic E-state index is 12.7. The Morgan fingerprint density at radius 3 is 2.88 bits per heavy atom. The molecule has 0 bridgehead atoms. The standard InChI is InChI=1S/C29H36N8O4S/c1-4-42(38,39)37-13-12-36(16-20(37)9-10-30)28-23-18-40-26(27-19(2)7-8-24-22(27)15-31-34-24)14-25(23)32-29(33-28)41-17-21-6-5-11-35(21)3/h4,7-8,15,20-21,26H,1,5-6,9,11-14,16-18H2,2-3H3,(H,31,34). The molecule has 5 heterocycles. The van der Waals surface area contributed by atoms with Gasteiger partial charge in [-0.15, -0.1) is 0 Å². The van der Waals surface area contributed by atoms with E-state index in [1.165, 1.54) is 4.31 Å². The van der Waals surface area contributed by atoms with Crippen molar-refractivity contribution >= 4 is 26.7 Å². The molecule has 2 saturated heterocycles. The van der Waals surface area contributed by atoms with Crippen LogP contribution in [0, 0.1) is 18.3 Å². The highest BCUT2D eigenvalue weighted by Gasteiger charge is 2.37. The molecule has 0 amide bonds. The third-order valence-corrected chi connectivity index (χ3v) is 10.3. The van der Waals surface area contributed by atoms with Gasteiger partial charge in [0.25, 0.3) is 0 Å². The fourth-order valence-corrected chi connectivity index (χ4v) is 7.50. The first-order valence-electron chi connectivity index (χ1n) is 14.3. The largest absolute Gasteiger partial charge is 0.462 e. The summed E-state index contributed by atoms with van der Waals surface area (Å²) in [4.78, 5) is 14.1. The molecule has 2 fully saturated rings. The molecule has 0 aliphatic carbocycles. The summed E-state index contributed by atoms with van der Waals surface area (Å²) in [6.07, 6.45) is 4.39. The zero-order chi connectivity index (χ0) is 29.4. The van der Waals surface area contributed by atoms with Gasteiger partial charge in [0.1, 0.15) is 12.4 Å². The van der Waals surface area contributed by atoms with E-state index in [4.69, 9.17) is 19.4 Å². The van der Waals surface area contributed by atoms with Gasteiger partial charge in [-0.05, 0) is 50.6 Å². The Morgan fingerprint density at radius 1 is 1.26 bits per heavy atom. The van der Waals surface area contributed by atoms with Crippen LogP contribution in [0.25, 0.3) is 10.9 Å². The van der Waals surface area contributed by atoms with E-state index in [1.807, 2.05) is 17.2 Å². The zero-order valence-corrected chi connectivity index (χ0v) is 24.8. The smallest absolute Gasteiger partial charge is 0.318 e. The van der Waals surface area contributed by atoms with Crippen molar-refractivity contribution in [3.05, 3.63) is 52.7 Å². The van der Waals surface area contributed by atoms with Crippen LogP contribution in [0.3, 0.4) is 0 Å². The van der Waals surface area contributed by atoms with E-state index in [0.717, 1.165) is 58.1 Å². The maximum absolute atomic E-state index is 12.7. The van der Waals surface area contributed by atoms with Crippen molar-refractivity contribution in [1.82, 2.24) is 29.4 Å². The number of likely N-dealkylation sites (N-methyl/N-ethyl adjacent to an activating group) is 1. The number of benzene rings is 1. The Labute approximate surface area is 246 Å². The van der Waals surface area contributed by atoms with Crippen molar-refractivity contribution in [1.29, 1.82) is 5.26 Å². The van der Waals surface area contributed by atoms with Crippen molar-refractivity contribution in [3.63, 3.8) is 0 Å². The lowest BCUT2D eigenvalue weighted by Crippen LogP contribution is -2.55. The second-order valence-electron chi connectivity index (χ2n) is 11.3. The lowest BCUT2D eigenvalue weighted by molar-refractivity contribution is 0.0261. The van der Waals surface area contributed by atoms with E-state index in [9.17, 15) is 13.7 Å². The predicted octanol–water partition coefficient (Wildman–Crippen LogP) is 2.83. The lowest BCUT2D eigenvalue weighted by Gasteiger charge is -2.41. The van der Waals surface area contributed by atoms with E-state index in [2.05, 4.69) is 47.8 Å². The predicted molar refractivity (Wildman–Crippen MR) is 157 cm³/mol. The molecule has 13 heteroatoms. The molecule has 3 aliphatic heterocycles. The molecule has 3 aromatic rings. The summed E-state index contributed by atoms with van der Waals surface area (Å²) in [5, 5.41) is 18.7. The highest BCUT2D eigenvalue weighted by molar-refractivity contribution is 7.92. The van der Waals surface area contributed by atoms with Crippen molar-refractivity contribution in [2.24, 2.45) is 0 Å². The van der Waals surface area contributed by atoms with Crippen LogP contribution in [0.5, 0.6) is 6.01 Å². The van der Waals surface area contributed by atoms with E-state index < -0.39 is 16.1 Å². The Hall–Kier alpha value is -3.57. The number of likely N-dealkylation sites (tertiary alicyclic amines) is 1. The highest BCUT2D eigenvalue weighted by Crippen LogP contribution is 2.39. The van der Waals surface area contributed by atoms with Crippen LogP contribution >= 0.6 is 0 Å².